The summed E-state index contributed by atoms with van der Waals surface area (Å²) < 4.78 is 130. The monoisotopic (exact) mass is 332 g/mol. The molecule has 2 aliphatic heterocycles. The lowest BCUT2D eigenvalue weighted by Crippen LogP contribution is -2.46. The summed E-state index contributed by atoms with van der Waals surface area (Å²) in [6.07, 6.45) is -6.80. The first kappa shape index (κ1) is 6.07. The summed E-state index contributed by atoms with van der Waals surface area (Å²) in [5, 5.41) is 0. The average molecular weight is 333 g/mol. The van der Waals surface area contributed by atoms with Gasteiger partial charge >= 0.3 is 0 Å². The molecule has 0 spiro atoms. The lowest BCUT2D eigenvalue weighted by molar-refractivity contribution is -0.129. The highest BCUT2D eigenvalue weighted by Crippen LogP contribution is 2.42. The Kier molecular flexibility index (Phi) is 1.72. The second-order valence-corrected chi connectivity index (χ2v) is 5.38. The van der Waals surface area contributed by atoms with Crippen LogP contribution in [0.4, 0.5) is 0 Å². The molecule has 0 aromatic heterocycles. The zero-order valence-electron chi connectivity index (χ0n) is 27.5. The van der Waals surface area contributed by atoms with Crippen LogP contribution in [0.15, 0.2) is 12.1 Å². The van der Waals surface area contributed by atoms with Crippen molar-refractivity contribution in [1.29, 1.82) is 0 Å². The molecule has 0 N–H and O–H groups in total. The normalized spacial score (nSPS) is 42.0. The molecule has 1 fully saturated rings. The van der Waals surface area contributed by atoms with Gasteiger partial charge in [-0.15, -0.1) is 0 Å². The number of hydrogen-bond acceptors (Lipinski definition) is 4. The first-order valence-corrected chi connectivity index (χ1v) is 7.05. The Morgan fingerprint density at radius 3 is 3.09 bits per heavy atom. The van der Waals surface area contributed by atoms with Crippen molar-refractivity contribution in [1.82, 2.24) is 4.90 Å². The van der Waals surface area contributed by atoms with E-state index in [-0.39, 0.29) is 30.0 Å². The van der Waals surface area contributed by atoms with Gasteiger partial charge in [-0.05, 0) is 41.9 Å². The highest BCUT2D eigenvalue weighted by atomic mass is 16.5. The Morgan fingerprint density at radius 2 is 2.35 bits per heavy atom. The van der Waals surface area contributed by atoms with E-state index in [4.69, 9.17) is 30.0 Å². The summed E-state index contributed by atoms with van der Waals surface area (Å²) in [4.78, 5) is 14.8. The Morgan fingerprint density at radius 1 is 1.52 bits per heavy atom. The predicted octanol–water partition coefficient (Wildman–Crippen LogP) is 3.24. The molecule has 0 radical (unpaired) electrons. The minimum Gasteiger partial charge on any atom is -0.493 e. The fraction of sp³-hybridized carbons (Fsp3) is 0.632. The molecule has 1 saturated heterocycles. The van der Waals surface area contributed by atoms with Gasteiger partial charge in [-0.25, -0.2) is 0 Å². The Balaban J connectivity index is 2.19. The van der Waals surface area contributed by atoms with Crippen LogP contribution in [0.3, 0.4) is 0 Å². The fourth-order valence-electron chi connectivity index (χ4n) is 2.99. The third kappa shape index (κ3) is 3.09. The maximum atomic E-state index is 13.6. The molecule has 4 heteroatoms. The van der Waals surface area contributed by atoms with Gasteiger partial charge in [-0.2, -0.15) is 0 Å². The van der Waals surface area contributed by atoms with Crippen LogP contribution in [0.1, 0.15) is 64.2 Å². The quantitative estimate of drug-likeness (QED) is 0.848. The van der Waals surface area contributed by atoms with Gasteiger partial charge in [0.25, 0.3) is 0 Å². The Hall–Kier alpha value is -1.55. The second-order valence-electron chi connectivity index (χ2n) is 5.38. The maximum absolute atomic E-state index is 13.6. The van der Waals surface area contributed by atoms with Crippen LogP contribution in [-0.4, -0.2) is 37.9 Å². The molecular weight excluding hydrogens is 290 g/mol. The number of hydrogen-bond donors (Lipinski definition) is 0. The summed E-state index contributed by atoms with van der Waals surface area (Å²) in [7, 11) is -1.63. The van der Waals surface area contributed by atoms with Crippen LogP contribution in [0, 0.1) is 11.8 Å². The maximum Gasteiger partial charge on any atom is 0.161 e. The smallest absolute Gasteiger partial charge is 0.161 e. The molecule has 4 nitrogen and oxygen atoms in total. The molecule has 126 valence electrons. The molecule has 2 atom stereocenters. The van der Waals surface area contributed by atoms with Crippen LogP contribution < -0.4 is 9.47 Å². The standard InChI is InChI=1S/C19H27NO3/c1-12(2)7-14-11-20-6-5-13-8-18(22-3)19(23-4)9-15(13)16(20)10-17(14)21/h8-9,12,14,16H,5-7,10-11H2,1-4H3/i1D3,2D3,4D3,7D2,10D2,12D,14D. The third-order valence-corrected chi connectivity index (χ3v) is 4.04. The molecule has 23 heavy (non-hydrogen) atoms. The molecule has 0 bridgehead atoms. The van der Waals surface area contributed by atoms with Crippen molar-refractivity contribution >= 4 is 5.78 Å². The molecule has 1 aromatic carbocycles. The molecule has 0 aliphatic carbocycles. The predicted molar refractivity (Wildman–Crippen MR) is 90.1 cm³/mol. The van der Waals surface area contributed by atoms with Crippen LogP contribution >= 0.6 is 0 Å². The van der Waals surface area contributed by atoms with E-state index in [0.717, 1.165) is 0 Å². The molecular formula is C19H27NO3. The topological polar surface area (TPSA) is 38.8 Å². The minimum atomic E-state index is -3.95. The number of carbonyl (C=O) groups is 1. The summed E-state index contributed by atoms with van der Waals surface area (Å²) in [6, 6.07) is 1.14. The van der Waals surface area contributed by atoms with E-state index in [1.165, 1.54) is 24.1 Å². The van der Waals surface area contributed by atoms with Gasteiger partial charge in [0.2, 0.25) is 0 Å². The summed E-state index contributed by atoms with van der Waals surface area (Å²) in [6.45, 7) is -8.59. The van der Waals surface area contributed by atoms with Crippen molar-refractivity contribution in [3.63, 3.8) is 0 Å². The largest absolute Gasteiger partial charge is 0.493 e. The fourth-order valence-corrected chi connectivity index (χ4v) is 2.99. The second kappa shape index (κ2) is 6.52. The van der Waals surface area contributed by atoms with Crippen LogP contribution in [0.2, 0.25) is 0 Å². The van der Waals surface area contributed by atoms with Crippen molar-refractivity contribution < 1.29 is 34.8 Å². The van der Waals surface area contributed by atoms with E-state index in [0.29, 0.717) is 5.56 Å². The molecule has 2 aliphatic rings. The van der Waals surface area contributed by atoms with E-state index in [1.54, 1.807) is 0 Å². The third-order valence-electron chi connectivity index (χ3n) is 4.04. The zero-order valence-corrected chi connectivity index (χ0v) is 12.5. The number of piperidine rings is 1. The van der Waals surface area contributed by atoms with Crippen molar-refractivity contribution in [3.8, 4) is 11.5 Å². The van der Waals surface area contributed by atoms with Gasteiger partial charge in [0, 0.05) is 47.8 Å². The van der Waals surface area contributed by atoms with Crippen molar-refractivity contribution in [2.24, 2.45) is 11.8 Å². The average Bonchev–Trinajstić information content (AvgIpc) is 2.73. The van der Waals surface area contributed by atoms with E-state index in [2.05, 4.69) is 0 Å². The highest BCUT2D eigenvalue weighted by molar-refractivity contribution is 5.83. The summed E-state index contributed by atoms with van der Waals surface area (Å²) in [5.74, 6) is -9.22. The van der Waals surface area contributed by atoms with Crippen molar-refractivity contribution in [2.75, 3.05) is 27.2 Å². The Labute approximate surface area is 159 Å². The van der Waals surface area contributed by atoms with Gasteiger partial charge in [0.1, 0.15) is 5.78 Å². The van der Waals surface area contributed by atoms with Gasteiger partial charge < -0.3 is 9.47 Å². The highest BCUT2D eigenvalue weighted by Gasteiger charge is 2.38. The number of ether oxygens (including phenoxy) is 2. The Bertz CT molecular complexity index is 1100. The zero-order chi connectivity index (χ0) is 29.5. The van der Waals surface area contributed by atoms with Crippen LogP contribution in [0.25, 0.3) is 0 Å². The van der Waals surface area contributed by atoms with E-state index < -0.39 is 63.6 Å². The minimum absolute atomic E-state index is 0.0385. The van der Waals surface area contributed by atoms with E-state index >= 15 is 0 Å². The number of nitrogens with zero attached hydrogens (tertiary/aromatic N) is 1. The first-order chi connectivity index (χ1) is 16.9. The SMILES string of the molecule is [2H]C([2H])([2H])Oc1cc2c(cc1OC)CCN1CC([2H])(C([2H])([2H])C([2H])(C([2H])([2H])[2H])C([2H])([2H])[2H])C(=O)C([2H])([2H])C21. The van der Waals surface area contributed by atoms with Crippen LogP contribution in [0.5, 0.6) is 11.5 Å². The first-order valence-electron chi connectivity index (χ1n) is 14.6. The van der Waals surface area contributed by atoms with E-state index in [9.17, 15) is 4.79 Å². The van der Waals surface area contributed by atoms with Crippen molar-refractivity contribution in [2.45, 2.75) is 38.9 Å². The lowest BCUT2D eigenvalue weighted by atomic mass is 9.80. The summed E-state index contributed by atoms with van der Waals surface area (Å²) >= 11 is 0. The number of methoxy groups -OCH3 is 2. The molecule has 2 unspecified atom stereocenters. The number of rotatable bonds is 4. The van der Waals surface area contributed by atoms with Gasteiger partial charge in [0.15, 0.2) is 11.5 Å². The van der Waals surface area contributed by atoms with Gasteiger partial charge in [-0.1, -0.05) is 13.7 Å². The number of Topliss-reactive ketones (excluding diaryl/α,β-unsaturated/α-hetero) is 1. The number of carbonyl (C=O) groups excluding carboxylic acids is 1. The van der Waals surface area contributed by atoms with Gasteiger partial charge in [-0.3, -0.25) is 9.69 Å². The summed E-state index contributed by atoms with van der Waals surface area (Å²) in [5.41, 5.74) is 0.582. The number of benzene rings is 1. The van der Waals surface area contributed by atoms with Crippen LogP contribution in [-0.2, 0) is 11.2 Å². The molecule has 2 heterocycles. The molecule has 1 aromatic rings. The lowest BCUT2D eigenvalue weighted by Gasteiger charge is -2.43. The number of ketones is 1. The molecule has 3 rings (SSSR count). The van der Waals surface area contributed by atoms with Crippen molar-refractivity contribution in [3.05, 3.63) is 23.3 Å². The molecule has 0 saturated carbocycles. The van der Waals surface area contributed by atoms with Gasteiger partial charge in [0.05, 0.1) is 18.3 Å². The van der Waals surface area contributed by atoms with E-state index in [1.807, 2.05) is 0 Å². The molecule has 0 amide bonds. The number of fused-ring (bicyclic) bond motifs is 3.